The number of nitrogens with zero attached hydrogens (tertiary/aromatic N) is 1. The highest BCUT2D eigenvalue weighted by Crippen LogP contribution is 2.27. The summed E-state index contributed by atoms with van der Waals surface area (Å²) in [5.74, 6) is 0.809. The van der Waals surface area contributed by atoms with Gasteiger partial charge in [-0.2, -0.15) is 0 Å². The quantitative estimate of drug-likeness (QED) is 0.743. The molecule has 0 fully saturated rings. The molecule has 0 amide bonds. The Bertz CT molecular complexity index is 595. The molecule has 0 atom stereocenters. The van der Waals surface area contributed by atoms with Crippen molar-refractivity contribution < 1.29 is 9.53 Å². The highest BCUT2D eigenvalue weighted by Gasteiger charge is 2.18. The first-order valence-corrected chi connectivity index (χ1v) is 5.75. The van der Waals surface area contributed by atoms with Gasteiger partial charge in [0.15, 0.2) is 5.78 Å². The lowest BCUT2D eigenvalue weighted by molar-refractivity contribution is -0.121. The van der Waals surface area contributed by atoms with Gasteiger partial charge in [0.25, 0.3) is 0 Å². The predicted octanol–water partition coefficient (Wildman–Crippen LogP) is 2.50. The van der Waals surface area contributed by atoms with E-state index >= 15 is 0 Å². The molecular weight excluding hydrogens is 270 g/mol. The summed E-state index contributed by atoms with van der Waals surface area (Å²) in [4.78, 5) is 15.7. The van der Waals surface area contributed by atoms with E-state index in [-0.39, 0.29) is 12.4 Å². The third-order valence-corrected chi connectivity index (χ3v) is 3.07. The molecule has 4 heteroatoms. The molecule has 0 N–H and O–H groups in total. The standard InChI is InChI=1S/C12H8BrNO2/c13-8-2-1-7-3-12-11(14-10(7)4-8)5-9(15)6-16-12/h1-4H,5-6H2. The molecule has 80 valence electrons. The van der Waals surface area contributed by atoms with Crippen LogP contribution in [-0.4, -0.2) is 17.4 Å². The van der Waals surface area contributed by atoms with E-state index in [9.17, 15) is 4.79 Å². The maximum absolute atomic E-state index is 11.3. The Morgan fingerprint density at radius 2 is 2.19 bits per heavy atom. The van der Waals surface area contributed by atoms with Crippen molar-refractivity contribution in [2.24, 2.45) is 0 Å². The summed E-state index contributed by atoms with van der Waals surface area (Å²) < 4.78 is 6.33. The fourth-order valence-electron chi connectivity index (χ4n) is 1.81. The van der Waals surface area contributed by atoms with Crippen LogP contribution in [0.3, 0.4) is 0 Å². The van der Waals surface area contributed by atoms with Gasteiger partial charge in [-0.15, -0.1) is 0 Å². The number of rotatable bonds is 0. The summed E-state index contributed by atoms with van der Waals surface area (Å²) in [6.07, 6.45) is 0.373. The number of aromatic nitrogens is 1. The number of Topliss-reactive ketones (excluding diaryl/α,β-unsaturated/α-hetero) is 1. The maximum atomic E-state index is 11.3. The van der Waals surface area contributed by atoms with Crippen molar-refractivity contribution in [1.82, 2.24) is 4.98 Å². The Labute approximate surface area is 101 Å². The summed E-state index contributed by atoms with van der Waals surface area (Å²) >= 11 is 3.40. The molecule has 1 aromatic heterocycles. The topological polar surface area (TPSA) is 39.2 Å². The van der Waals surface area contributed by atoms with Crippen molar-refractivity contribution >= 4 is 32.6 Å². The van der Waals surface area contributed by atoms with E-state index < -0.39 is 0 Å². The van der Waals surface area contributed by atoms with Crippen LogP contribution in [0.2, 0.25) is 0 Å². The van der Waals surface area contributed by atoms with E-state index in [1.807, 2.05) is 24.3 Å². The number of ether oxygens (including phenoxy) is 1. The van der Waals surface area contributed by atoms with Gasteiger partial charge in [-0.3, -0.25) is 4.79 Å². The summed E-state index contributed by atoms with van der Waals surface area (Å²) in [5.41, 5.74) is 1.62. The van der Waals surface area contributed by atoms with Crippen LogP contribution in [0.5, 0.6) is 5.75 Å². The molecule has 3 rings (SSSR count). The fourth-order valence-corrected chi connectivity index (χ4v) is 2.16. The minimum atomic E-state index is 0.0781. The summed E-state index contributed by atoms with van der Waals surface area (Å²) in [6.45, 7) is 0.163. The van der Waals surface area contributed by atoms with Crippen LogP contribution in [0.15, 0.2) is 28.7 Å². The third kappa shape index (κ3) is 1.59. The number of halogens is 1. The number of fused-ring (bicyclic) bond motifs is 2. The lowest BCUT2D eigenvalue weighted by atomic mass is 10.1. The molecule has 0 unspecified atom stereocenters. The van der Waals surface area contributed by atoms with Gasteiger partial charge in [0.2, 0.25) is 0 Å². The van der Waals surface area contributed by atoms with Crippen LogP contribution in [0.4, 0.5) is 0 Å². The molecule has 0 radical (unpaired) electrons. The number of hydrogen-bond acceptors (Lipinski definition) is 3. The Morgan fingerprint density at radius 3 is 3.06 bits per heavy atom. The van der Waals surface area contributed by atoms with Gasteiger partial charge in [0.05, 0.1) is 17.6 Å². The predicted molar refractivity (Wildman–Crippen MR) is 63.6 cm³/mol. The van der Waals surface area contributed by atoms with E-state index in [0.717, 1.165) is 26.8 Å². The summed E-state index contributed by atoms with van der Waals surface area (Å²) in [6, 6.07) is 7.82. The van der Waals surface area contributed by atoms with Crippen molar-refractivity contribution in [3.8, 4) is 5.75 Å². The number of benzene rings is 1. The molecule has 3 nitrogen and oxygen atoms in total. The van der Waals surface area contributed by atoms with Gasteiger partial charge in [-0.25, -0.2) is 4.98 Å². The minimum absolute atomic E-state index is 0.0781. The highest BCUT2D eigenvalue weighted by molar-refractivity contribution is 9.10. The minimum Gasteiger partial charge on any atom is -0.484 e. The maximum Gasteiger partial charge on any atom is 0.176 e. The lowest BCUT2D eigenvalue weighted by Gasteiger charge is -2.16. The van der Waals surface area contributed by atoms with E-state index in [1.165, 1.54) is 0 Å². The first-order valence-electron chi connectivity index (χ1n) is 4.96. The molecule has 0 bridgehead atoms. The van der Waals surface area contributed by atoms with Crippen LogP contribution in [0.1, 0.15) is 5.69 Å². The zero-order valence-corrected chi connectivity index (χ0v) is 9.95. The van der Waals surface area contributed by atoms with Gasteiger partial charge in [0.1, 0.15) is 12.4 Å². The first kappa shape index (κ1) is 9.78. The van der Waals surface area contributed by atoms with Crippen molar-refractivity contribution in [2.75, 3.05) is 6.61 Å². The monoisotopic (exact) mass is 277 g/mol. The second-order valence-electron chi connectivity index (χ2n) is 3.77. The average Bonchev–Trinajstić information content (AvgIpc) is 2.26. The van der Waals surface area contributed by atoms with Gasteiger partial charge in [-0.1, -0.05) is 22.0 Å². The molecule has 0 spiro atoms. The van der Waals surface area contributed by atoms with Crippen LogP contribution >= 0.6 is 15.9 Å². The molecule has 0 saturated heterocycles. The van der Waals surface area contributed by atoms with Crippen molar-refractivity contribution in [2.45, 2.75) is 6.42 Å². The van der Waals surface area contributed by atoms with Crippen LogP contribution in [0.25, 0.3) is 10.9 Å². The number of ketones is 1. The second-order valence-corrected chi connectivity index (χ2v) is 4.69. The van der Waals surface area contributed by atoms with E-state index in [0.29, 0.717) is 6.42 Å². The van der Waals surface area contributed by atoms with Gasteiger partial charge >= 0.3 is 0 Å². The molecule has 0 saturated carbocycles. The van der Waals surface area contributed by atoms with Crippen LogP contribution < -0.4 is 4.74 Å². The van der Waals surface area contributed by atoms with E-state index in [1.54, 1.807) is 0 Å². The molecule has 16 heavy (non-hydrogen) atoms. The van der Waals surface area contributed by atoms with Crippen molar-refractivity contribution in [3.63, 3.8) is 0 Å². The van der Waals surface area contributed by atoms with Gasteiger partial charge in [-0.05, 0) is 18.2 Å². The van der Waals surface area contributed by atoms with Crippen LogP contribution in [-0.2, 0) is 11.2 Å². The fraction of sp³-hybridized carbons (Fsp3) is 0.167. The SMILES string of the molecule is O=C1COc2cc3ccc(Br)cc3nc2C1. The lowest BCUT2D eigenvalue weighted by Crippen LogP contribution is -2.21. The van der Waals surface area contributed by atoms with E-state index in [2.05, 4.69) is 20.9 Å². The zero-order valence-electron chi connectivity index (χ0n) is 8.37. The summed E-state index contributed by atoms with van der Waals surface area (Å²) in [7, 11) is 0. The molecule has 2 aromatic rings. The number of pyridine rings is 1. The molecular formula is C12H8BrNO2. The Kier molecular flexibility index (Phi) is 2.17. The third-order valence-electron chi connectivity index (χ3n) is 2.57. The van der Waals surface area contributed by atoms with Crippen molar-refractivity contribution in [1.29, 1.82) is 0 Å². The Morgan fingerprint density at radius 1 is 1.31 bits per heavy atom. The number of carbonyl (C=O) groups is 1. The second kappa shape index (κ2) is 3.56. The molecule has 0 aliphatic carbocycles. The van der Waals surface area contributed by atoms with E-state index in [4.69, 9.17) is 4.74 Å². The average molecular weight is 278 g/mol. The molecule has 2 heterocycles. The van der Waals surface area contributed by atoms with Crippen molar-refractivity contribution in [3.05, 3.63) is 34.4 Å². The first-order chi connectivity index (χ1) is 7.72. The zero-order chi connectivity index (χ0) is 11.1. The highest BCUT2D eigenvalue weighted by atomic mass is 79.9. The largest absolute Gasteiger partial charge is 0.484 e. The van der Waals surface area contributed by atoms with Crippen LogP contribution in [0, 0.1) is 0 Å². The summed E-state index contributed by atoms with van der Waals surface area (Å²) in [5, 5.41) is 1.02. The van der Waals surface area contributed by atoms with Gasteiger partial charge < -0.3 is 4.74 Å². The molecule has 1 aliphatic rings. The normalized spacial score (nSPS) is 14.7. The molecule has 1 aromatic carbocycles. The number of hydrogen-bond donors (Lipinski definition) is 0. The Balaban J connectivity index is 2.23. The van der Waals surface area contributed by atoms with Gasteiger partial charge in [0, 0.05) is 9.86 Å². The Hall–Kier alpha value is -1.42. The smallest absolute Gasteiger partial charge is 0.176 e. The number of carbonyl (C=O) groups excluding carboxylic acids is 1. The molecule has 1 aliphatic heterocycles.